The van der Waals surface area contributed by atoms with Crippen LogP contribution in [-0.4, -0.2) is 24.1 Å². The molecule has 15 heavy (non-hydrogen) atoms. The van der Waals surface area contributed by atoms with Crippen LogP contribution in [0.15, 0.2) is 0 Å². The maximum atomic E-state index is 11.3. The van der Waals surface area contributed by atoms with Gasteiger partial charge in [0.1, 0.15) is 5.60 Å². The van der Waals surface area contributed by atoms with Gasteiger partial charge in [-0.3, -0.25) is 0 Å². The fraction of sp³-hybridized carbons (Fsp3) is 0.909. The predicted molar refractivity (Wildman–Crippen MR) is 63.4 cm³/mol. The van der Waals surface area contributed by atoms with Crippen molar-refractivity contribution in [1.29, 1.82) is 0 Å². The molecule has 0 rings (SSSR count). The summed E-state index contributed by atoms with van der Waals surface area (Å²) in [5.74, 6) is 1.07. The monoisotopic (exact) mass is 235 g/mol. The first kappa shape index (κ1) is 14.6. The molecule has 1 unspecified atom stereocenters. The Kier molecular flexibility index (Phi) is 6.73. The van der Waals surface area contributed by atoms with Gasteiger partial charge in [0.05, 0.1) is 0 Å². The molecular formula is C11H22ClNO2. The van der Waals surface area contributed by atoms with E-state index in [0.29, 0.717) is 18.3 Å². The second-order valence-electron chi connectivity index (χ2n) is 4.63. The largest absolute Gasteiger partial charge is 0.444 e. The van der Waals surface area contributed by atoms with Gasteiger partial charge in [0.2, 0.25) is 0 Å². The number of rotatable bonds is 5. The molecule has 0 heterocycles. The molecule has 0 fully saturated rings. The van der Waals surface area contributed by atoms with E-state index in [4.69, 9.17) is 16.3 Å². The molecule has 0 aliphatic rings. The molecule has 0 aliphatic carbocycles. The van der Waals surface area contributed by atoms with Crippen LogP contribution >= 0.6 is 11.6 Å². The summed E-state index contributed by atoms with van der Waals surface area (Å²) in [5.41, 5.74) is -0.432. The van der Waals surface area contributed by atoms with Gasteiger partial charge in [-0.05, 0) is 33.1 Å². The molecule has 0 saturated carbocycles. The highest BCUT2D eigenvalue weighted by Gasteiger charge is 2.16. The second-order valence-corrected chi connectivity index (χ2v) is 5.01. The number of nitrogens with one attached hydrogen (secondary N) is 1. The lowest BCUT2D eigenvalue weighted by atomic mass is 10.0. The third kappa shape index (κ3) is 8.55. The molecule has 0 bridgehead atoms. The quantitative estimate of drug-likeness (QED) is 0.744. The van der Waals surface area contributed by atoms with Crippen molar-refractivity contribution in [2.24, 2.45) is 5.92 Å². The van der Waals surface area contributed by atoms with Gasteiger partial charge in [-0.15, -0.1) is 11.6 Å². The number of alkyl halides is 1. The van der Waals surface area contributed by atoms with Crippen molar-refractivity contribution in [3.8, 4) is 0 Å². The molecule has 4 heteroatoms. The van der Waals surface area contributed by atoms with E-state index in [1.165, 1.54) is 0 Å². The van der Waals surface area contributed by atoms with Crippen LogP contribution in [0.3, 0.4) is 0 Å². The van der Waals surface area contributed by atoms with Gasteiger partial charge >= 0.3 is 6.09 Å². The molecule has 1 amide bonds. The lowest BCUT2D eigenvalue weighted by Crippen LogP contribution is -2.35. The zero-order chi connectivity index (χ0) is 11.9. The smallest absolute Gasteiger partial charge is 0.407 e. The van der Waals surface area contributed by atoms with Gasteiger partial charge in [0.15, 0.2) is 0 Å². The molecule has 0 radical (unpaired) electrons. The summed E-state index contributed by atoms with van der Waals surface area (Å²) >= 11 is 5.65. The first-order valence-corrected chi connectivity index (χ1v) is 5.95. The van der Waals surface area contributed by atoms with Crippen LogP contribution in [0.2, 0.25) is 0 Å². The van der Waals surface area contributed by atoms with Crippen molar-refractivity contribution in [1.82, 2.24) is 5.32 Å². The van der Waals surface area contributed by atoms with Crippen LogP contribution in [-0.2, 0) is 4.74 Å². The Hall–Kier alpha value is -0.440. The third-order valence-corrected chi connectivity index (χ3v) is 2.25. The molecule has 0 aromatic heterocycles. The van der Waals surface area contributed by atoms with Crippen LogP contribution in [0.5, 0.6) is 0 Å². The number of amides is 1. The lowest BCUT2D eigenvalue weighted by Gasteiger charge is -2.21. The molecule has 1 N–H and O–H groups in total. The predicted octanol–water partition coefficient (Wildman–Crippen LogP) is 3.17. The van der Waals surface area contributed by atoms with Crippen molar-refractivity contribution in [3.63, 3.8) is 0 Å². The average molecular weight is 236 g/mol. The Labute approximate surface area is 97.5 Å². The fourth-order valence-electron chi connectivity index (χ4n) is 1.15. The van der Waals surface area contributed by atoms with E-state index in [1.807, 2.05) is 20.8 Å². The topological polar surface area (TPSA) is 38.3 Å². The number of hydrogen-bond acceptors (Lipinski definition) is 2. The van der Waals surface area contributed by atoms with Crippen LogP contribution in [0.1, 0.15) is 40.5 Å². The number of alkyl carbamates (subject to hydrolysis) is 1. The molecule has 0 aromatic carbocycles. The number of carbonyl (C=O) groups excluding carboxylic acids is 1. The van der Waals surface area contributed by atoms with E-state index in [2.05, 4.69) is 12.2 Å². The maximum Gasteiger partial charge on any atom is 0.407 e. The number of halogens is 1. The summed E-state index contributed by atoms with van der Waals surface area (Å²) < 4.78 is 5.13. The third-order valence-electron chi connectivity index (χ3n) is 2.03. The van der Waals surface area contributed by atoms with Crippen molar-refractivity contribution in [2.75, 3.05) is 12.4 Å². The van der Waals surface area contributed by atoms with E-state index in [-0.39, 0.29) is 6.09 Å². The van der Waals surface area contributed by atoms with Gasteiger partial charge < -0.3 is 10.1 Å². The summed E-state index contributed by atoms with van der Waals surface area (Å²) in [6, 6.07) is 0. The lowest BCUT2D eigenvalue weighted by molar-refractivity contribution is 0.0518. The highest BCUT2D eigenvalue weighted by molar-refractivity contribution is 6.17. The van der Waals surface area contributed by atoms with Crippen molar-refractivity contribution in [2.45, 2.75) is 46.1 Å². The average Bonchev–Trinajstić information content (AvgIpc) is 2.09. The Morgan fingerprint density at radius 3 is 2.47 bits per heavy atom. The Bertz CT molecular complexity index is 190. The molecule has 0 saturated heterocycles. The Morgan fingerprint density at radius 2 is 2.07 bits per heavy atom. The van der Waals surface area contributed by atoms with E-state index in [9.17, 15) is 4.79 Å². The zero-order valence-electron chi connectivity index (χ0n) is 10.1. The normalized spacial score (nSPS) is 13.4. The van der Waals surface area contributed by atoms with Gasteiger partial charge in [0.25, 0.3) is 0 Å². The highest BCUT2D eigenvalue weighted by Crippen LogP contribution is 2.09. The summed E-state index contributed by atoms with van der Waals surface area (Å²) in [5, 5.41) is 2.76. The second kappa shape index (κ2) is 6.94. The summed E-state index contributed by atoms with van der Waals surface area (Å²) in [7, 11) is 0. The van der Waals surface area contributed by atoms with Gasteiger partial charge in [0, 0.05) is 12.4 Å². The molecular weight excluding hydrogens is 214 g/mol. The van der Waals surface area contributed by atoms with Crippen LogP contribution < -0.4 is 5.32 Å². The minimum Gasteiger partial charge on any atom is -0.444 e. The Morgan fingerprint density at radius 1 is 1.47 bits per heavy atom. The van der Waals surface area contributed by atoms with Gasteiger partial charge in [-0.1, -0.05) is 13.3 Å². The molecule has 0 aliphatic heterocycles. The SMILES string of the molecule is CCC(CCCl)CNC(=O)OC(C)(C)C. The zero-order valence-corrected chi connectivity index (χ0v) is 10.9. The summed E-state index contributed by atoms with van der Waals surface area (Å²) in [6.45, 7) is 8.28. The van der Waals surface area contributed by atoms with Crippen LogP contribution in [0, 0.1) is 5.92 Å². The van der Waals surface area contributed by atoms with E-state index >= 15 is 0 Å². The minimum absolute atomic E-state index is 0.351. The van der Waals surface area contributed by atoms with E-state index < -0.39 is 5.60 Å². The molecule has 0 aromatic rings. The molecule has 90 valence electrons. The van der Waals surface area contributed by atoms with Gasteiger partial charge in [-0.25, -0.2) is 4.79 Å². The van der Waals surface area contributed by atoms with E-state index in [0.717, 1.165) is 12.8 Å². The van der Waals surface area contributed by atoms with E-state index in [1.54, 1.807) is 0 Å². The summed E-state index contributed by atoms with van der Waals surface area (Å²) in [4.78, 5) is 11.3. The van der Waals surface area contributed by atoms with Gasteiger partial charge in [-0.2, -0.15) is 0 Å². The first-order valence-electron chi connectivity index (χ1n) is 5.42. The molecule has 3 nitrogen and oxygen atoms in total. The maximum absolute atomic E-state index is 11.3. The van der Waals surface area contributed by atoms with Crippen molar-refractivity contribution >= 4 is 17.7 Å². The Balaban J connectivity index is 3.78. The van der Waals surface area contributed by atoms with Crippen LogP contribution in [0.25, 0.3) is 0 Å². The molecule has 0 spiro atoms. The van der Waals surface area contributed by atoms with Crippen LogP contribution in [0.4, 0.5) is 4.79 Å². The standard InChI is InChI=1S/C11H22ClNO2/c1-5-9(6-7-12)8-13-10(14)15-11(2,3)4/h9H,5-8H2,1-4H3,(H,13,14). The van der Waals surface area contributed by atoms with Crippen molar-refractivity contribution in [3.05, 3.63) is 0 Å². The number of carbonyl (C=O) groups is 1. The minimum atomic E-state index is -0.432. The number of ether oxygens (including phenoxy) is 1. The molecule has 1 atom stereocenters. The first-order chi connectivity index (χ1) is 6.89. The number of hydrogen-bond donors (Lipinski definition) is 1. The fourth-order valence-corrected chi connectivity index (χ4v) is 1.46. The summed E-state index contributed by atoms with van der Waals surface area (Å²) in [6.07, 6.45) is 1.59. The van der Waals surface area contributed by atoms with Crippen molar-refractivity contribution < 1.29 is 9.53 Å². The highest BCUT2D eigenvalue weighted by atomic mass is 35.5.